The number of hydrogen-bond acceptors (Lipinski definition) is 4. The molecule has 0 aliphatic heterocycles. The van der Waals surface area contributed by atoms with E-state index in [1.807, 2.05) is 0 Å². The molecular weight excluding hydrogens is 436 g/mol. The van der Waals surface area contributed by atoms with Crippen molar-refractivity contribution < 1.29 is 19.1 Å². The van der Waals surface area contributed by atoms with Crippen LogP contribution in [-0.2, 0) is 19.1 Å². The van der Waals surface area contributed by atoms with Crippen molar-refractivity contribution in [1.82, 2.24) is 0 Å². The summed E-state index contributed by atoms with van der Waals surface area (Å²) in [4.78, 5) is 26.2. The van der Waals surface area contributed by atoms with Gasteiger partial charge in [0.1, 0.15) is 0 Å². The lowest BCUT2D eigenvalue weighted by molar-refractivity contribution is -0.165. The summed E-state index contributed by atoms with van der Waals surface area (Å²) < 4.78 is 11.5. The highest BCUT2D eigenvalue weighted by Crippen LogP contribution is 2.38. The minimum Gasteiger partial charge on any atom is -0.465 e. The van der Waals surface area contributed by atoms with E-state index in [4.69, 9.17) is 9.47 Å². The molecule has 0 aromatic carbocycles. The van der Waals surface area contributed by atoms with Crippen molar-refractivity contribution in [2.75, 3.05) is 13.2 Å². The first kappa shape index (κ1) is 32.0. The lowest BCUT2D eigenvalue weighted by atomic mass is 9.77. The molecule has 4 atom stereocenters. The summed E-state index contributed by atoms with van der Waals surface area (Å²) in [6.45, 7) is 9.66. The van der Waals surface area contributed by atoms with Crippen molar-refractivity contribution in [2.45, 2.75) is 150 Å². The topological polar surface area (TPSA) is 52.6 Å². The van der Waals surface area contributed by atoms with Gasteiger partial charge >= 0.3 is 11.9 Å². The van der Waals surface area contributed by atoms with Crippen molar-refractivity contribution in [1.29, 1.82) is 0 Å². The Kier molecular flexibility index (Phi) is 19.2. The van der Waals surface area contributed by atoms with Gasteiger partial charge in [-0.3, -0.25) is 9.59 Å². The highest BCUT2D eigenvalue weighted by atomic mass is 16.5. The third kappa shape index (κ3) is 14.3. The molecule has 1 fully saturated rings. The van der Waals surface area contributed by atoms with Gasteiger partial charge in [-0.2, -0.15) is 0 Å². The second-order valence-corrected chi connectivity index (χ2v) is 11.2. The normalized spacial score (nSPS) is 22.5. The van der Waals surface area contributed by atoms with Crippen LogP contribution in [0.2, 0.25) is 0 Å². The standard InChI is InChI=1S/C31H58O4/c1-5-7-9-11-13-15-17-19-24-34-30(32)28-26(3)22-21-23-27(4)29(28)31(33)35-25-20-18-16-14-12-10-8-6-2/h26-29H,5-25H2,1-4H3. The van der Waals surface area contributed by atoms with Crippen LogP contribution in [0.25, 0.3) is 0 Å². The lowest BCUT2D eigenvalue weighted by Crippen LogP contribution is -2.39. The predicted octanol–water partition coefficient (Wildman–Crippen LogP) is 9.04. The van der Waals surface area contributed by atoms with E-state index in [9.17, 15) is 9.59 Å². The zero-order valence-electron chi connectivity index (χ0n) is 23.8. The maximum absolute atomic E-state index is 13.1. The molecule has 1 rings (SSSR count). The van der Waals surface area contributed by atoms with Crippen LogP contribution < -0.4 is 0 Å². The van der Waals surface area contributed by atoms with E-state index in [0.717, 1.165) is 44.9 Å². The molecule has 1 aliphatic carbocycles. The van der Waals surface area contributed by atoms with Crippen molar-refractivity contribution in [2.24, 2.45) is 23.7 Å². The quantitative estimate of drug-likeness (QED) is 0.0962. The molecule has 0 aromatic rings. The summed E-state index contributed by atoms with van der Waals surface area (Å²) >= 11 is 0. The molecule has 4 heteroatoms. The summed E-state index contributed by atoms with van der Waals surface area (Å²) in [6, 6.07) is 0. The number of carbonyl (C=O) groups excluding carboxylic acids is 2. The molecule has 0 aromatic heterocycles. The van der Waals surface area contributed by atoms with Gasteiger partial charge in [-0.25, -0.2) is 0 Å². The van der Waals surface area contributed by atoms with E-state index in [1.54, 1.807) is 0 Å². The summed E-state index contributed by atoms with van der Waals surface area (Å²) in [5.41, 5.74) is 0. The summed E-state index contributed by atoms with van der Waals surface area (Å²) in [5.74, 6) is -0.773. The van der Waals surface area contributed by atoms with Crippen LogP contribution in [0.5, 0.6) is 0 Å². The third-order valence-corrected chi connectivity index (χ3v) is 7.96. The van der Waals surface area contributed by atoms with E-state index in [0.29, 0.717) is 13.2 Å². The van der Waals surface area contributed by atoms with Gasteiger partial charge in [0.05, 0.1) is 25.0 Å². The van der Waals surface area contributed by atoms with Crippen LogP contribution >= 0.6 is 0 Å². The maximum Gasteiger partial charge on any atom is 0.310 e. The second kappa shape index (κ2) is 21.1. The van der Waals surface area contributed by atoms with Gasteiger partial charge < -0.3 is 9.47 Å². The van der Waals surface area contributed by atoms with Crippen molar-refractivity contribution in [3.63, 3.8) is 0 Å². The van der Waals surface area contributed by atoms with Gasteiger partial charge in [-0.15, -0.1) is 0 Å². The Morgan fingerprint density at radius 1 is 0.543 bits per heavy atom. The Balaban J connectivity index is 2.40. The minimum atomic E-state index is -0.368. The number of hydrogen-bond donors (Lipinski definition) is 0. The van der Waals surface area contributed by atoms with Crippen LogP contribution in [0, 0.1) is 23.7 Å². The van der Waals surface area contributed by atoms with Gasteiger partial charge in [0, 0.05) is 0 Å². The molecule has 1 aliphatic rings. The molecule has 4 nitrogen and oxygen atoms in total. The summed E-state index contributed by atoms with van der Waals surface area (Å²) in [7, 11) is 0. The van der Waals surface area contributed by atoms with E-state index in [1.165, 1.54) is 77.0 Å². The zero-order valence-corrected chi connectivity index (χ0v) is 23.8. The molecule has 0 radical (unpaired) electrons. The Labute approximate surface area is 217 Å². The maximum atomic E-state index is 13.1. The highest BCUT2D eigenvalue weighted by Gasteiger charge is 2.44. The highest BCUT2D eigenvalue weighted by molar-refractivity contribution is 5.82. The van der Waals surface area contributed by atoms with Crippen LogP contribution in [0.1, 0.15) is 150 Å². The van der Waals surface area contributed by atoms with E-state index >= 15 is 0 Å². The van der Waals surface area contributed by atoms with Gasteiger partial charge in [0.2, 0.25) is 0 Å². The molecule has 0 bridgehead atoms. The first-order chi connectivity index (χ1) is 17.0. The van der Waals surface area contributed by atoms with E-state index in [-0.39, 0.29) is 35.6 Å². The molecule has 0 saturated heterocycles. The number of rotatable bonds is 20. The molecule has 0 heterocycles. The lowest BCUT2D eigenvalue weighted by Gasteiger charge is -2.29. The molecule has 4 unspecified atom stereocenters. The fourth-order valence-corrected chi connectivity index (χ4v) is 5.60. The number of unbranched alkanes of at least 4 members (excludes halogenated alkanes) is 14. The van der Waals surface area contributed by atoms with Crippen LogP contribution in [0.4, 0.5) is 0 Å². The van der Waals surface area contributed by atoms with Gasteiger partial charge in [-0.05, 0) is 37.5 Å². The monoisotopic (exact) mass is 494 g/mol. The van der Waals surface area contributed by atoms with Crippen molar-refractivity contribution in [3.05, 3.63) is 0 Å². The zero-order chi connectivity index (χ0) is 25.7. The Bertz CT molecular complexity index is 486. The van der Waals surface area contributed by atoms with E-state index < -0.39 is 0 Å². The molecule has 206 valence electrons. The first-order valence-corrected chi connectivity index (χ1v) is 15.4. The number of ether oxygens (including phenoxy) is 2. The largest absolute Gasteiger partial charge is 0.465 e. The summed E-state index contributed by atoms with van der Waals surface area (Å²) in [6.07, 6.45) is 22.6. The summed E-state index contributed by atoms with van der Waals surface area (Å²) in [5, 5.41) is 0. The third-order valence-electron chi connectivity index (χ3n) is 7.96. The predicted molar refractivity (Wildman–Crippen MR) is 146 cm³/mol. The second-order valence-electron chi connectivity index (χ2n) is 11.2. The average Bonchev–Trinajstić information content (AvgIpc) is 2.99. The fourth-order valence-electron chi connectivity index (χ4n) is 5.60. The van der Waals surface area contributed by atoms with Crippen molar-refractivity contribution >= 4 is 11.9 Å². The van der Waals surface area contributed by atoms with Gasteiger partial charge in [0.25, 0.3) is 0 Å². The Hall–Kier alpha value is -1.06. The van der Waals surface area contributed by atoms with Crippen molar-refractivity contribution in [3.8, 4) is 0 Å². The fraction of sp³-hybridized carbons (Fsp3) is 0.935. The molecular formula is C31H58O4. The Morgan fingerprint density at radius 3 is 1.20 bits per heavy atom. The van der Waals surface area contributed by atoms with E-state index in [2.05, 4.69) is 27.7 Å². The van der Waals surface area contributed by atoms with Gasteiger partial charge in [-0.1, -0.05) is 124 Å². The Morgan fingerprint density at radius 2 is 0.857 bits per heavy atom. The minimum absolute atomic E-state index is 0.159. The first-order valence-electron chi connectivity index (χ1n) is 15.4. The van der Waals surface area contributed by atoms with Gasteiger partial charge in [0.15, 0.2) is 0 Å². The molecule has 0 spiro atoms. The number of carbonyl (C=O) groups is 2. The number of esters is 2. The molecule has 35 heavy (non-hydrogen) atoms. The SMILES string of the molecule is CCCCCCCCCCOC(=O)C1C(C)CCCC(C)C1C(=O)OCCCCCCCCCC. The van der Waals surface area contributed by atoms with Crippen LogP contribution in [0.3, 0.4) is 0 Å². The smallest absolute Gasteiger partial charge is 0.310 e. The molecule has 0 amide bonds. The van der Waals surface area contributed by atoms with Crippen LogP contribution in [0.15, 0.2) is 0 Å². The van der Waals surface area contributed by atoms with Crippen LogP contribution in [-0.4, -0.2) is 25.2 Å². The molecule has 1 saturated carbocycles. The average molecular weight is 495 g/mol. The molecule has 0 N–H and O–H groups in total.